The van der Waals surface area contributed by atoms with Gasteiger partial charge in [0.25, 0.3) is 0 Å². The van der Waals surface area contributed by atoms with Crippen LogP contribution in [0.5, 0.6) is 0 Å². The van der Waals surface area contributed by atoms with Crippen molar-refractivity contribution in [2.75, 3.05) is 0 Å². The minimum atomic E-state index is -0.992. The number of rotatable bonds is 7. The second kappa shape index (κ2) is 5.97. The second-order valence-corrected chi connectivity index (χ2v) is 3.63. The Kier molecular flexibility index (Phi) is 5.71. The molecule has 1 atom stereocenters. The molecule has 3 N–H and O–H groups in total. The minimum Gasteiger partial charge on any atom is -0.480 e. The van der Waals surface area contributed by atoms with E-state index in [-0.39, 0.29) is 0 Å². The summed E-state index contributed by atoms with van der Waals surface area (Å²) in [5.74, 6) is -0.869. The lowest BCUT2D eigenvalue weighted by molar-refractivity contribution is -0.143. The van der Waals surface area contributed by atoms with Gasteiger partial charge in [-0.1, -0.05) is 39.5 Å². The summed E-state index contributed by atoms with van der Waals surface area (Å²) in [4.78, 5) is 10.8. The first-order valence-corrected chi connectivity index (χ1v) is 5.09. The number of carbonyl (C=O) groups is 1. The van der Waals surface area contributed by atoms with Crippen molar-refractivity contribution in [2.45, 2.75) is 57.9 Å². The van der Waals surface area contributed by atoms with Crippen LogP contribution in [0, 0.1) is 0 Å². The predicted octanol–water partition coefficient (Wildman–Crippen LogP) is 2.15. The number of carboxylic acids is 1. The van der Waals surface area contributed by atoms with Crippen LogP contribution in [0.15, 0.2) is 0 Å². The Labute approximate surface area is 80.3 Å². The zero-order valence-corrected chi connectivity index (χ0v) is 8.68. The van der Waals surface area contributed by atoms with Gasteiger partial charge < -0.3 is 10.8 Å². The minimum absolute atomic E-state index is 0.508. The maximum absolute atomic E-state index is 10.8. The van der Waals surface area contributed by atoms with E-state index in [0.717, 1.165) is 19.3 Å². The van der Waals surface area contributed by atoms with Crippen LogP contribution in [0.3, 0.4) is 0 Å². The third-order valence-electron chi connectivity index (χ3n) is 2.53. The molecule has 0 spiro atoms. The van der Waals surface area contributed by atoms with Gasteiger partial charge in [-0.05, 0) is 12.8 Å². The van der Waals surface area contributed by atoms with Crippen molar-refractivity contribution in [3.63, 3.8) is 0 Å². The summed E-state index contributed by atoms with van der Waals surface area (Å²) in [6.07, 6.45) is 5.44. The Bertz CT molecular complexity index is 159. The van der Waals surface area contributed by atoms with Gasteiger partial charge in [-0.2, -0.15) is 0 Å². The highest BCUT2D eigenvalue weighted by Gasteiger charge is 2.30. The molecule has 0 radical (unpaired) electrons. The van der Waals surface area contributed by atoms with E-state index in [1.807, 2.05) is 6.92 Å². The van der Waals surface area contributed by atoms with Crippen LogP contribution in [0.2, 0.25) is 0 Å². The largest absolute Gasteiger partial charge is 0.480 e. The molecule has 0 saturated heterocycles. The van der Waals surface area contributed by atoms with Crippen molar-refractivity contribution in [1.82, 2.24) is 0 Å². The lowest BCUT2D eigenvalue weighted by Gasteiger charge is -2.22. The topological polar surface area (TPSA) is 63.3 Å². The van der Waals surface area contributed by atoms with Gasteiger partial charge in [-0.25, -0.2) is 0 Å². The van der Waals surface area contributed by atoms with E-state index < -0.39 is 11.5 Å². The molecule has 0 aliphatic heterocycles. The van der Waals surface area contributed by atoms with Crippen LogP contribution < -0.4 is 5.73 Å². The molecular weight excluding hydrogens is 166 g/mol. The van der Waals surface area contributed by atoms with Crippen molar-refractivity contribution >= 4 is 5.97 Å². The van der Waals surface area contributed by atoms with Crippen LogP contribution in [0.1, 0.15) is 52.4 Å². The highest BCUT2D eigenvalue weighted by Crippen LogP contribution is 2.16. The molecule has 0 saturated carbocycles. The highest BCUT2D eigenvalue weighted by molar-refractivity contribution is 5.78. The van der Waals surface area contributed by atoms with Crippen LogP contribution in [0.4, 0.5) is 0 Å². The quantitative estimate of drug-likeness (QED) is 0.600. The Hall–Kier alpha value is -0.570. The van der Waals surface area contributed by atoms with Crippen LogP contribution in [0.25, 0.3) is 0 Å². The molecule has 0 aromatic heterocycles. The molecule has 13 heavy (non-hydrogen) atoms. The second-order valence-electron chi connectivity index (χ2n) is 3.63. The molecule has 78 valence electrons. The van der Waals surface area contributed by atoms with Crippen LogP contribution in [-0.4, -0.2) is 16.6 Å². The zero-order chi connectivity index (χ0) is 10.3. The van der Waals surface area contributed by atoms with Crippen molar-refractivity contribution in [3.8, 4) is 0 Å². The number of hydrogen-bond acceptors (Lipinski definition) is 2. The predicted molar refractivity (Wildman–Crippen MR) is 53.6 cm³/mol. The number of aliphatic carboxylic acids is 1. The molecule has 3 heteroatoms. The third kappa shape index (κ3) is 4.27. The first-order valence-electron chi connectivity index (χ1n) is 5.09. The van der Waals surface area contributed by atoms with Crippen molar-refractivity contribution in [3.05, 3.63) is 0 Å². The maximum Gasteiger partial charge on any atom is 0.323 e. The summed E-state index contributed by atoms with van der Waals surface area (Å²) in [5, 5.41) is 8.86. The fraction of sp³-hybridized carbons (Fsp3) is 0.900. The molecule has 0 fully saturated rings. The standard InChI is InChI=1S/C10H21NO2/c1-3-5-6-7-8-10(11,4-2)9(12)13/h3-8,11H2,1-2H3,(H,12,13)/t10-/m1/s1. The summed E-state index contributed by atoms with van der Waals surface area (Å²) in [7, 11) is 0. The lowest BCUT2D eigenvalue weighted by Crippen LogP contribution is -2.47. The van der Waals surface area contributed by atoms with Gasteiger partial charge >= 0.3 is 5.97 Å². The molecular formula is C10H21NO2. The van der Waals surface area contributed by atoms with Crippen molar-refractivity contribution < 1.29 is 9.90 Å². The molecule has 0 aromatic carbocycles. The first kappa shape index (κ1) is 12.4. The summed E-state index contributed by atoms with van der Waals surface area (Å²) >= 11 is 0. The van der Waals surface area contributed by atoms with Gasteiger partial charge in [0.2, 0.25) is 0 Å². The third-order valence-corrected chi connectivity index (χ3v) is 2.53. The average Bonchev–Trinajstić information content (AvgIpc) is 2.12. The summed E-state index contributed by atoms with van der Waals surface area (Å²) in [5.41, 5.74) is 4.73. The van der Waals surface area contributed by atoms with E-state index in [1.54, 1.807) is 0 Å². The molecule has 0 bridgehead atoms. The SMILES string of the molecule is CCCCCC[C@](N)(CC)C(=O)O. The van der Waals surface area contributed by atoms with E-state index >= 15 is 0 Å². The molecule has 3 nitrogen and oxygen atoms in total. The van der Waals surface area contributed by atoms with Gasteiger partial charge in [-0.15, -0.1) is 0 Å². The van der Waals surface area contributed by atoms with Crippen LogP contribution in [-0.2, 0) is 4.79 Å². The Morgan fingerprint density at radius 3 is 2.31 bits per heavy atom. The van der Waals surface area contributed by atoms with E-state index in [9.17, 15) is 4.79 Å². The molecule has 0 rings (SSSR count). The average molecular weight is 187 g/mol. The molecule has 0 aromatic rings. The molecule has 0 aliphatic rings. The zero-order valence-electron chi connectivity index (χ0n) is 8.68. The number of unbranched alkanes of at least 4 members (excludes halogenated alkanes) is 3. The van der Waals surface area contributed by atoms with Gasteiger partial charge in [-0.3, -0.25) is 4.79 Å². The summed E-state index contributed by atoms with van der Waals surface area (Å²) in [6, 6.07) is 0. The summed E-state index contributed by atoms with van der Waals surface area (Å²) in [6.45, 7) is 3.96. The molecule has 0 amide bonds. The number of nitrogens with two attached hydrogens (primary N) is 1. The van der Waals surface area contributed by atoms with Crippen LogP contribution >= 0.6 is 0 Å². The Balaban J connectivity index is 3.78. The fourth-order valence-electron chi connectivity index (χ4n) is 1.30. The number of hydrogen-bond donors (Lipinski definition) is 2. The van der Waals surface area contributed by atoms with Crippen molar-refractivity contribution in [2.24, 2.45) is 5.73 Å². The van der Waals surface area contributed by atoms with E-state index in [1.165, 1.54) is 6.42 Å². The fourth-order valence-corrected chi connectivity index (χ4v) is 1.30. The Morgan fingerprint density at radius 2 is 1.92 bits per heavy atom. The maximum atomic E-state index is 10.8. The van der Waals surface area contributed by atoms with Gasteiger partial charge in [0.15, 0.2) is 0 Å². The normalized spacial score (nSPS) is 15.3. The van der Waals surface area contributed by atoms with Gasteiger partial charge in [0.05, 0.1) is 0 Å². The van der Waals surface area contributed by atoms with Gasteiger partial charge in [0, 0.05) is 0 Å². The van der Waals surface area contributed by atoms with E-state index in [0.29, 0.717) is 12.8 Å². The van der Waals surface area contributed by atoms with Crippen molar-refractivity contribution in [1.29, 1.82) is 0 Å². The lowest BCUT2D eigenvalue weighted by atomic mass is 9.90. The van der Waals surface area contributed by atoms with E-state index in [4.69, 9.17) is 10.8 Å². The first-order chi connectivity index (χ1) is 6.06. The Morgan fingerprint density at radius 1 is 1.31 bits per heavy atom. The summed E-state index contributed by atoms with van der Waals surface area (Å²) < 4.78 is 0. The highest BCUT2D eigenvalue weighted by atomic mass is 16.4. The number of carboxylic acid groups (broad SMARTS) is 1. The molecule has 0 unspecified atom stereocenters. The van der Waals surface area contributed by atoms with Gasteiger partial charge in [0.1, 0.15) is 5.54 Å². The van der Waals surface area contributed by atoms with E-state index in [2.05, 4.69) is 6.92 Å². The monoisotopic (exact) mass is 187 g/mol. The molecule has 0 aliphatic carbocycles. The smallest absolute Gasteiger partial charge is 0.323 e. The molecule has 0 heterocycles.